The fourth-order valence-electron chi connectivity index (χ4n) is 2.07. The first-order chi connectivity index (χ1) is 8.30. The van der Waals surface area contributed by atoms with Crippen molar-refractivity contribution in [3.05, 3.63) is 35.9 Å². The van der Waals surface area contributed by atoms with Gasteiger partial charge in [-0.3, -0.25) is 4.90 Å². The van der Waals surface area contributed by atoms with Crippen LogP contribution in [0.25, 0.3) is 0 Å². The van der Waals surface area contributed by atoms with Crippen LogP contribution in [0.3, 0.4) is 0 Å². The number of benzene rings is 1. The molecule has 0 aromatic heterocycles. The van der Waals surface area contributed by atoms with Crippen molar-refractivity contribution in [2.45, 2.75) is 33.2 Å². The molecule has 1 unspecified atom stereocenters. The first kappa shape index (κ1) is 14.6. The van der Waals surface area contributed by atoms with E-state index in [2.05, 4.69) is 61.7 Å². The van der Waals surface area contributed by atoms with Crippen LogP contribution in [0.15, 0.2) is 30.3 Å². The first-order valence-corrected chi connectivity index (χ1v) is 7.30. The van der Waals surface area contributed by atoms with E-state index in [9.17, 15) is 0 Å². The van der Waals surface area contributed by atoms with Gasteiger partial charge in [0.25, 0.3) is 0 Å². The summed E-state index contributed by atoms with van der Waals surface area (Å²) < 4.78 is 0. The second kappa shape index (κ2) is 8.60. The van der Waals surface area contributed by atoms with Crippen LogP contribution in [0.1, 0.15) is 32.3 Å². The zero-order valence-electron chi connectivity index (χ0n) is 11.1. The van der Waals surface area contributed by atoms with Crippen molar-refractivity contribution < 1.29 is 0 Å². The number of thiol groups is 1. The average Bonchev–Trinajstić information content (AvgIpc) is 2.37. The van der Waals surface area contributed by atoms with Crippen molar-refractivity contribution in [2.75, 3.05) is 18.8 Å². The molecule has 17 heavy (non-hydrogen) atoms. The fourth-order valence-corrected chi connectivity index (χ4v) is 2.45. The van der Waals surface area contributed by atoms with Crippen LogP contribution in [0, 0.1) is 5.92 Å². The summed E-state index contributed by atoms with van der Waals surface area (Å²) >= 11 is 4.44. The van der Waals surface area contributed by atoms with Crippen molar-refractivity contribution in [1.29, 1.82) is 0 Å². The Morgan fingerprint density at radius 1 is 1.18 bits per heavy atom. The summed E-state index contributed by atoms with van der Waals surface area (Å²) in [4.78, 5) is 2.56. The fraction of sp³-hybridized carbons (Fsp3) is 0.600. The van der Waals surface area contributed by atoms with Crippen LogP contribution in [-0.4, -0.2) is 23.7 Å². The molecule has 0 saturated carbocycles. The van der Waals surface area contributed by atoms with E-state index >= 15 is 0 Å². The normalized spacial score (nSPS) is 12.9. The largest absolute Gasteiger partial charge is 0.299 e. The third-order valence-electron chi connectivity index (χ3n) is 3.14. The van der Waals surface area contributed by atoms with E-state index in [1.165, 1.54) is 31.5 Å². The first-order valence-electron chi connectivity index (χ1n) is 6.67. The topological polar surface area (TPSA) is 3.24 Å². The molecule has 1 atom stereocenters. The maximum atomic E-state index is 4.44. The third kappa shape index (κ3) is 5.60. The Morgan fingerprint density at radius 3 is 2.41 bits per heavy atom. The summed E-state index contributed by atoms with van der Waals surface area (Å²) in [6, 6.07) is 10.7. The Morgan fingerprint density at radius 2 is 1.88 bits per heavy atom. The summed E-state index contributed by atoms with van der Waals surface area (Å²) in [5.41, 5.74) is 1.41. The smallest absolute Gasteiger partial charge is 0.0233 e. The molecule has 0 bridgehead atoms. The zero-order chi connectivity index (χ0) is 12.5. The summed E-state index contributed by atoms with van der Waals surface area (Å²) in [6.45, 7) is 7.92. The van der Waals surface area contributed by atoms with Gasteiger partial charge in [-0.2, -0.15) is 12.6 Å². The van der Waals surface area contributed by atoms with Gasteiger partial charge in [-0.25, -0.2) is 0 Å². The summed E-state index contributed by atoms with van der Waals surface area (Å²) in [5, 5.41) is 0. The van der Waals surface area contributed by atoms with Crippen LogP contribution >= 0.6 is 12.6 Å². The predicted octanol–water partition coefficient (Wildman–Crippen LogP) is 3.85. The maximum absolute atomic E-state index is 4.44. The zero-order valence-corrected chi connectivity index (χ0v) is 12.0. The minimum atomic E-state index is 0.716. The highest BCUT2D eigenvalue weighted by Crippen LogP contribution is 2.11. The number of nitrogens with zero attached hydrogens (tertiary/aromatic N) is 1. The molecule has 2 heteroatoms. The average molecular weight is 251 g/mol. The second-order valence-corrected chi connectivity index (χ2v) is 5.04. The van der Waals surface area contributed by atoms with Crippen molar-refractivity contribution >= 4 is 12.6 Å². The van der Waals surface area contributed by atoms with E-state index in [4.69, 9.17) is 0 Å². The maximum Gasteiger partial charge on any atom is 0.0233 e. The minimum Gasteiger partial charge on any atom is -0.299 e. The molecular formula is C15H25NS. The summed E-state index contributed by atoms with van der Waals surface area (Å²) in [6.07, 6.45) is 2.44. The lowest BCUT2D eigenvalue weighted by molar-refractivity contribution is 0.229. The van der Waals surface area contributed by atoms with Crippen LogP contribution in [0.5, 0.6) is 0 Å². The monoisotopic (exact) mass is 251 g/mol. The van der Waals surface area contributed by atoms with Crippen molar-refractivity contribution in [2.24, 2.45) is 5.92 Å². The molecule has 1 aromatic rings. The molecule has 1 nitrogen and oxygen atoms in total. The molecule has 1 rings (SSSR count). The molecule has 0 aliphatic heterocycles. The van der Waals surface area contributed by atoms with Crippen LogP contribution in [-0.2, 0) is 6.54 Å². The van der Waals surface area contributed by atoms with Crippen molar-refractivity contribution in [3.8, 4) is 0 Å². The van der Waals surface area contributed by atoms with Gasteiger partial charge in [-0.1, -0.05) is 50.6 Å². The Kier molecular flexibility index (Phi) is 7.38. The minimum absolute atomic E-state index is 0.716. The van der Waals surface area contributed by atoms with Gasteiger partial charge in [0, 0.05) is 13.1 Å². The van der Waals surface area contributed by atoms with E-state index in [0.717, 1.165) is 12.3 Å². The van der Waals surface area contributed by atoms with E-state index in [1.54, 1.807) is 0 Å². The second-order valence-electron chi connectivity index (χ2n) is 4.68. The van der Waals surface area contributed by atoms with Crippen molar-refractivity contribution in [3.63, 3.8) is 0 Å². The lowest BCUT2D eigenvalue weighted by Gasteiger charge is -2.26. The summed E-state index contributed by atoms with van der Waals surface area (Å²) in [5.74, 6) is 1.71. The van der Waals surface area contributed by atoms with Gasteiger partial charge in [-0.15, -0.1) is 0 Å². The molecule has 96 valence electrons. The predicted molar refractivity (Wildman–Crippen MR) is 79.6 cm³/mol. The molecule has 0 amide bonds. The highest BCUT2D eigenvalue weighted by atomic mass is 32.1. The van der Waals surface area contributed by atoms with E-state index in [1.807, 2.05) is 0 Å². The standard InChI is InChI=1S/C15H25NS/c1-3-10-16(11-14(4-2)13-17)12-15-8-6-5-7-9-15/h5-9,14,17H,3-4,10-13H2,1-2H3. The molecule has 0 spiro atoms. The van der Waals surface area contributed by atoms with E-state index < -0.39 is 0 Å². The van der Waals surface area contributed by atoms with E-state index in [0.29, 0.717) is 5.92 Å². The molecule has 0 aliphatic carbocycles. The quantitative estimate of drug-likeness (QED) is 0.687. The number of hydrogen-bond acceptors (Lipinski definition) is 2. The van der Waals surface area contributed by atoms with Gasteiger partial charge < -0.3 is 0 Å². The molecule has 0 aliphatic rings. The van der Waals surface area contributed by atoms with Gasteiger partial charge in [0.1, 0.15) is 0 Å². The Hall–Kier alpha value is -0.470. The van der Waals surface area contributed by atoms with Gasteiger partial charge in [-0.05, 0) is 30.2 Å². The van der Waals surface area contributed by atoms with Gasteiger partial charge in [0.2, 0.25) is 0 Å². The van der Waals surface area contributed by atoms with Gasteiger partial charge in [0.15, 0.2) is 0 Å². The number of hydrogen-bond donors (Lipinski definition) is 1. The Balaban J connectivity index is 2.53. The van der Waals surface area contributed by atoms with Crippen LogP contribution < -0.4 is 0 Å². The highest BCUT2D eigenvalue weighted by Gasteiger charge is 2.11. The van der Waals surface area contributed by atoms with Crippen LogP contribution in [0.4, 0.5) is 0 Å². The molecule has 0 heterocycles. The molecule has 1 aromatic carbocycles. The molecular weight excluding hydrogens is 226 g/mol. The van der Waals surface area contributed by atoms with Crippen molar-refractivity contribution in [1.82, 2.24) is 4.90 Å². The third-order valence-corrected chi connectivity index (χ3v) is 3.66. The van der Waals surface area contributed by atoms with Gasteiger partial charge >= 0.3 is 0 Å². The highest BCUT2D eigenvalue weighted by molar-refractivity contribution is 7.80. The van der Waals surface area contributed by atoms with Gasteiger partial charge in [0.05, 0.1) is 0 Å². The van der Waals surface area contributed by atoms with E-state index in [-0.39, 0.29) is 0 Å². The van der Waals surface area contributed by atoms with Crippen LogP contribution in [0.2, 0.25) is 0 Å². The molecule has 0 radical (unpaired) electrons. The Bertz CT molecular complexity index is 282. The molecule has 0 N–H and O–H groups in total. The SMILES string of the molecule is CCCN(Cc1ccccc1)CC(CC)CS. The Labute approximate surface area is 112 Å². The lowest BCUT2D eigenvalue weighted by atomic mass is 10.1. The molecule has 0 saturated heterocycles. The molecule has 0 fully saturated rings. The lowest BCUT2D eigenvalue weighted by Crippen LogP contribution is -2.30. The summed E-state index contributed by atoms with van der Waals surface area (Å²) in [7, 11) is 0. The number of rotatable bonds is 8.